The summed E-state index contributed by atoms with van der Waals surface area (Å²) in [6.45, 7) is 4.18. The average molecular weight is 460 g/mol. The zero-order valence-corrected chi connectivity index (χ0v) is 19.5. The van der Waals surface area contributed by atoms with E-state index in [0.29, 0.717) is 12.1 Å². The third kappa shape index (κ3) is 5.42. The minimum atomic E-state index is -3.67. The van der Waals surface area contributed by atoms with Gasteiger partial charge in [0.15, 0.2) is 0 Å². The van der Waals surface area contributed by atoms with Crippen LogP contribution in [0.1, 0.15) is 72.7 Å². The zero-order chi connectivity index (χ0) is 22.6. The van der Waals surface area contributed by atoms with Crippen molar-refractivity contribution >= 4 is 15.9 Å². The Morgan fingerprint density at radius 1 is 1.12 bits per heavy atom. The lowest BCUT2D eigenvalue weighted by Crippen LogP contribution is -2.37. The Morgan fingerprint density at radius 2 is 1.88 bits per heavy atom. The maximum absolute atomic E-state index is 13.0. The molecule has 4 rings (SSSR count). The van der Waals surface area contributed by atoms with Gasteiger partial charge in [-0.1, -0.05) is 25.3 Å². The van der Waals surface area contributed by atoms with E-state index >= 15 is 0 Å². The fourth-order valence-electron chi connectivity index (χ4n) is 4.75. The van der Waals surface area contributed by atoms with Crippen molar-refractivity contribution in [3.05, 3.63) is 53.5 Å². The number of hydrogen-bond donors (Lipinski definition) is 2. The molecule has 2 N–H and O–H groups in total. The smallest absolute Gasteiger partial charge is 0.251 e. The molecule has 1 aliphatic heterocycles. The molecule has 2 heterocycles. The highest BCUT2D eigenvalue weighted by Gasteiger charge is 2.27. The lowest BCUT2D eigenvalue weighted by molar-refractivity contribution is 0.0933. The van der Waals surface area contributed by atoms with Crippen LogP contribution in [0.4, 0.5) is 0 Å². The second kappa shape index (κ2) is 10.2. The molecule has 1 aromatic carbocycles. The molecule has 1 saturated carbocycles. The van der Waals surface area contributed by atoms with E-state index in [9.17, 15) is 13.2 Å². The number of aryl methyl sites for hydroxylation is 1. The molecule has 32 heavy (non-hydrogen) atoms. The van der Waals surface area contributed by atoms with E-state index in [-0.39, 0.29) is 22.9 Å². The SMILES string of the molecule is Cc1ccc(S(=O)(=O)NC2CCCCC2)cc1C(=O)NCC(c1ccco1)N1CCCC1. The molecular formula is C24H33N3O4S. The molecule has 7 nitrogen and oxygen atoms in total. The predicted octanol–water partition coefficient (Wildman–Crippen LogP) is 3.77. The third-order valence-electron chi connectivity index (χ3n) is 6.60. The van der Waals surface area contributed by atoms with Gasteiger partial charge in [-0.15, -0.1) is 0 Å². The number of carbonyl (C=O) groups is 1. The minimum absolute atomic E-state index is 0.0261. The van der Waals surface area contributed by atoms with Crippen molar-refractivity contribution in [2.45, 2.75) is 68.8 Å². The molecule has 1 aliphatic carbocycles. The number of nitrogens with zero attached hydrogens (tertiary/aromatic N) is 1. The molecule has 1 amide bonds. The summed E-state index contributed by atoms with van der Waals surface area (Å²) >= 11 is 0. The van der Waals surface area contributed by atoms with Crippen LogP contribution in [-0.2, 0) is 10.0 Å². The summed E-state index contributed by atoms with van der Waals surface area (Å²) in [4.78, 5) is 15.5. The lowest BCUT2D eigenvalue weighted by atomic mass is 9.96. The fourth-order valence-corrected chi connectivity index (χ4v) is 6.08. The van der Waals surface area contributed by atoms with Crippen molar-refractivity contribution in [2.75, 3.05) is 19.6 Å². The normalized spacial score (nSPS) is 19.2. The number of sulfonamides is 1. The molecule has 1 saturated heterocycles. The number of hydrogen-bond acceptors (Lipinski definition) is 5. The molecule has 174 valence electrons. The molecule has 0 bridgehead atoms. The van der Waals surface area contributed by atoms with Gasteiger partial charge < -0.3 is 9.73 Å². The molecule has 1 unspecified atom stereocenters. The van der Waals surface area contributed by atoms with Crippen molar-refractivity contribution in [3.8, 4) is 0 Å². The lowest BCUT2D eigenvalue weighted by Gasteiger charge is -2.26. The topological polar surface area (TPSA) is 91.6 Å². The predicted molar refractivity (Wildman–Crippen MR) is 123 cm³/mol. The Bertz CT molecular complexity index is 1010. The van der Waals surface area contributed by atoms with Crippen LogP contribution in [0.2, 0.25) is 0 Å². The van der Waals surface area contributed by atoms with E-state index in [4.69, 9.17) is 4.42 Å². The molecular weight excluding hydrogens is 426 g/mol. The van der Waals surface area contributed by atoms with E-state index < -0.39 is 10.0 Å². The number of nitrogens with one attached hydrogen (secondary N) is 2. The van der Waals surface area contributed by atoms with Crippen LogP contribution >= 0.6 is 0 Å². The fraction of sp³-hybridized carbons (Fsp3) is 0.542. The zero-order valence-electron chi connectivity index (χ0n) is 18.7. The Balaban J connectivity index is 1.47. The van der Waals surface area contributed by atoms with E-state index in [1.807, 2.05) is 19.1 Å². The van der Waals surface area contributed by atoms with Crippen molar-refractivity contribution in [1.29, 1.82) is 0 Å². The minimum Gasteiger partial charge on any atom is -0.468 e. The number of carbonyl (C=O) groups excluding carboxylic acids is 1. The van der Waals surface area contributed by atoms with Crippen molar-refractivity contribution in [2.24, 2.45) is 0 Å². The van der Waals surface area contributed by atoms with Gasteiger partial charge in [0, 0.05) is 18.2 Å². The van der Waals surface area contributed by atoms with Crippen LogP contribution in [0.25, 0.3) is 0 Å². The van der Waals surface area contributed by atoms with E-state index in [2.05, 4.69) is 14.9 Å². The summed E-state index contributed by atoms with van der Waals surface area (Å²) in [6, 6.07) is 8.51. The van der Waals surface area contributed by atoms with Crippen LogP contribution < -0.4 is 10.0 Å². The van der Waals surface area contributed by atoms with Crippen LogP contribution in [0.3, 0.4) is 0 Å². The van der Waals surface area contributed by atoms with Gasteiger partial charge in [0.05, 0.1) is 17.2 Å². The Labute approximate surface area is 190 Å². The first-order valence-electron chi connectivity index (χ1n) is 11.6. The molecule has 0 radical (unpaired) electrons. The first-order valence-corrected chi connectivity index (χ1v) is 13.1. The molecule has 1 atom stereocenters. The number of benzene rings is 1. The van der Waals surface area contributed by atoms with Gasteiger partial charge >= 0.3 is 0 Å². The van der Waals surface area contributed by atoms with Crippen LogP contribution in [0.5, 0.6) is 0 Å². The molecule has 2 aliphatic rings. The van der Waals surface area contributed by atoms with Crippen molar-refractivity contribution < 1.29 is 17.6 Å². The number of amides is 1. The highest BCUT2D eigenvalue weighted by molar-refractivity contribution is 7.89. The van der Waals surface area contributed by atoms with Gasteiger partial charge in [-0.3, -0.25) is 9.69 Å². The van der Waals surface area contributed by atoms with Crippen molar-refractivity contribution in [3.63, 3.8) is 0 Å². The first-order chi connectivity index (χ1) is 15.4. The second-order valence-electron chi connectivity index (χ2n) is 8.92. The average Bonchev–Trinajstić information content (AvgIpc) is 3.49. The van der Waals surface area contributed by atoms with E-state index in [1.165, 1.54) is 6.07 Å². The highest BCUT2D eigenvalue weighted by Crippen LogP contribution is 2.25. The van der Waals surface area contributed by atoms with E-state index in [0.717, 1.165) is 69.4 Å². The summed E-state index contributed by atoms with van der Waals surface area (Å²) in [7, 11) is -3.67. The first kappa shape index (κ1) is 23.0. The maximum Gasteiger partial charge on any atom is 0.251 e. The van der Waals surface area contributed by atoms with Crippen LogP contribution in [-0.4, -0.2) is 44.9 Å². The van der Waals surface area contributed by atoms with E-state index in [1.54, 1.807) is 18.4 Å². The third-order valence-corrected chi connectivity index (χ3v) is 8.12. The van der Waals surface area contributed by atoms with Gasteiger partial charge in [0.2, 0.25) is 10.0 Å². The van der Waals surface area contributed by atoms with Gasteiger partial charge in [-0.05, 0) is 75.5 Å². The second-order valence-corrected chi connectivity index (χ2v) is 10.6. The standard InChI is InChI=1S/C24H33N3O4S/c1-18-11-12-20(32(29,30)26-19-8-3-2-4-9-19)16-21(18)24(28)25-17-22(23-10-7-15-31-23)27-13-5-6-14-27/h7,10-12,15-16,19,22,26H,2-6,8-9,13-14,17H2,1H3,(H,25,28). The van der Waals surface area contributed by atoms with Gasteiger partial charge in [0.25, 0.3) is 5.91 Å². The summed E-state index contributed by atoms with van der Waals surface area (Å²) in [5.74, 6) is 0.560. The summed E-state index contributed by atoms with van der Waals surface area (Å²) in [5, 5.41) is 3.01. The summed E-state index contributed by atoms with van der Waals surface area (Å²) in [6.07, 6.45) is 8.90. The monoisotopic (exact) mass is 459 g/mol. The molecule has 2 aromatic rings. The Hall–Kier alpha value is -2.16. The quantitative estimate of drug-likeness (QED) is 0.627. The Morgan fingerprint density at radius 3 is 2.56 bits per heavy atom. The molecule has 1 aromatic heterocycles. The van der Waals surface area contributed by atoms with Crippen LogP contribution in [0.15, 0.2) is 45.9 Å². The highest BCUT2D eigenvalue weighted by atomic mass is 32.2. The molecule has 0 spiro atoms. The largest absolute Gasteiger partial charge is 0.468 e. The number of likely N-dealkylation sites (tertiary alicyclic amines) is 1. The molecule has 2 fully saturated rings. The van der Waals surface area contributed by atoms with Gasteiger partial charge in [0.1, 0.15) is 5.76 Å². The van der Waals surface area contributed by atoms with Crippen LogP contribution in [0, 0.1) is 6.92 Å². The number of rotatable bonds is 8. The van der Waals surface area contributed by atoms with Gasteiger partial charge in [-0.2, -0.15) is 0 Å². The Kier molecular flexibility index (Phi) is 7.33. The summed E-state index contributed by atoms with van der Waals surface area (Å²) < 4.78 is 34.3. The number of furan rings is 1. The summed E-state index contributed by atoms with van der Waals surface area (Å²) in [5.41, 5.74) is 1.13. The maximum atomic E-state index is 13.0. The van der Waals surface area contributed by atoms with Gasteiger partial charge in [-0.25, -0.2) is 13.1 Å². The molecule has 8 heteroatoms. The van der Waals surface area contributed by atoms with Crippen molar-refractivity contribution in [1.82, 2.24) is 14.9 Å².